The number of allylic oxidation sites excluding steroid dienone is 3. The highest BCUT2D eigenvalue weighted by molar-refractivity contribution is 6.65. The predicted molar refractivity (Wildman–Crippen MR) is 91.9 cm³/mol. The van der Waals surface area contributed by atoms with E-state index in [0.29, 0.717) is 11.2 Å². The lowest BCUT2D eigenvalue weighted by atomic mass is 9.59. The Kier molecular flexibility index (Phi) is 4.23. The molecule has 4 rings (SSSR count). The van der Waals surface area contributed by atoms with Crippen molar-refractivity contribution >= 4 is 28.5 Å². The predicted octanol–water partition coefficient (Wildman–Crippen LogP) is 3.95. The third kappa shape index (κ3) is 2.72. The molecule has 0 aromatic rings. The van der Waals surface area contributed by atoms with Gasteiger partial charge >= 0.3 is 0 Å². The van der Waals surface area contributed by atoms with E-state index >= 15 is 0 Å². The van der Waals surface area contributed by atoms with Crippen molar-refractivity contribution in [1.29, 1.82) is 0 Å². The average molecular weight is 340 g/mol. The van der Waals surface area contributed by atoms with Gasteiger partial charge in [-0.15, -0.1) is 0 Å². The van der Waals surface area contributed by atoms with Gasteiger partial charge in [0.2, 0.25) is 0 Å². The topological polar surface area (TPSA) is 36.4 Å². The molecule has 0 aromatic heterocycles. The van der Waals surface area contributed by atoms with E-state index in [1.807, 2.05) is 0 Å². The van der Waals surface area contributed by atoms with Gasteiger partial charge in [0.15, 0.2) is 10.9 Å². The molecule has 0 saturated heterocycles. The maximum absolute atomic E-state index is 6.21. The summed E-state index contributed by atoms with van der Waals surface area (Å²) in [6.45, 7) is 0. The SMILES string of the molecule is ClC1=NC(C2=CC3CCCCC3C3CCC=CC23)NC(Cl)N1. The van der Waals surface area contributed by atoms with Gasteiger partial charge < -0.3 is 5.32 Å². The Morgan fingerprint density at radius 1 is 1.14 bits per heavy atom. The molecule has 0 bridgehead atoms. The highest BCUT2D eigenvalue weighted by atomic mass is 35.5. The zero-order valence-corrected chi connectivity index (χ0v) is 14.2. The Balaban J connectivity index is 1.69. The maximum atomic E-state index is 6.21. The van der Waals surface area contributed by atoms with Crippen LogP contribution < -0.4 is 10.6 Å². The summed E-state index contributed by atoms with van der Waals surface area (Å²) in [5, 5.41) is 6.64. The van der Waals surface area contributed by atoms with Crippen LogP contribution in [0.4, 0.5) is 0 Å². The van der Waals surface area contributed by atoms with Crippen LogP contribution in [0.2, 0.25) is 0 Å². The third-order valence-corrected chi connectivity index (χ3v) is 6.24. The summed E-state index contributed by atoms with van der Waals surface area (Å²) < 4.78 is 0. The summed E-state index contributed by atoms with van der Waals surface area (Å²) in [4.78, 5) is 4.56. The first-order valence-corrected chi connectivity index (χ1v) is 9.32. The molecule has 0 amide bonds. The van der Waals surface area contributed by atoms with Crippen LogP contribution in [0, 0.1) is 23.7 Å². The largest absolute Gasteiger partial charge is 0.332 e. The van der Waals surface area contributed by atoms with Crippen molar-refractivity contribution in [1.82, 2.24) is 10.6 Å². The van der Waals surface area contributed by atoms with E-state index in [9.17, 15) is 0 Å². The highest BCUT2D eigenvalue weighted by Crippen LogP contribution is 2.50. The number of nitrogens with one attached hydrogen (secondary N) is 2. The maximum Gasteiger partial charge on any atom is 0.195 e. The molecule has 22 heavy (non-hydrogen) atoms. The van der Waals surface area contributed by atoms with Gasteiger partial charge in [0.25, 0.3) is 0 Å². The van der Waals surface area contributed by atoms with Gasteiger partial charge in [-0.2, -0.15) is 0 Å². The normalized spacial score (nSPS) is 44.3. The van der Waals surface area contributed by atoms with Crippen LogP contribution in [0.3, 0.4) is 0 Å². The van der Waals surface area contributed by atoms with E-state index in [2.05, 4.69) is 33.9 Å². The summed E-state index contributed by atoms with van der Waals surface area (Å²) in [6.07, 6.45) is 15.2. The lowest BCUT2D eigenvalue weighted by molar-refractivity contribution is 0.135. The molecule has 0 radical (unpaired) electrons. The van der Waals surface area contributed by atoms with Crippen molar-refractivity contribution in [2.75, 3.05) is 0 Å². The van der Waals surface area contributed by atoms with E-state index in [0.717, 1.165) is 17.8 Å². The number of nitrogens with zero attached hydrogens (tertiary/aromatic N) is 1. The summed E-state index contributed by atoms with van der Waals surface area (Å²) in [5.41, 5.74) is 1.03. The van der Waals surface area contributed by atoms with Gasteiger partial charge in [-0.3, -0.25) is 5.32 Å². The van der Waals surface area contributed by atoms with E-state index in [1.165, 1.54) is 44.1 Å². The van der Waals surface area contributed by atoms with Crippen LogP contribution in [0.5, 0.6) is 0 Å². The van der Waals surface area contributed by atoms with Crippen LogP contribution in [-0.2, 0) is 0 Å². The fourth-order valence-corrected chi connectivity index (χ4v) is 5.38. The van der Waals surface area contributed by atoms with Crippen LogP contribution >= 0.6 is 23.2 Å². The Morgan fingerprint density at radius 3 is 2.86 bits per heavy atom. The molecule has 6 unspecified atom stereocenters. The minimum atomic E-state index is -0.356. The molecule has 4 aliphatic rings. The van der Waals surface area contributed by atoms with Crippen molar-refractivity contribution in [2.24, 2.45) is 28.7 Å². The number of rotatable bonds is 1. The molecule has 1 fully saturated rings. The van der Waals surface area contributed by atoms with Crippen LogP contribution in [0.25, 0.3) is 0 Å². The van der Waals surface area contributed by atoms with Crippen molar-refractivity contribution in [3.05, 3.63) is 23.8 Å². The number of hydrogen-bond acceptors (Lipinski definition) is 3. The van der Waals surface area contributed by atoms with E-state index in [-0.39, 0.29) is 11.8 Å². The molecule has 3 nitrogen and oxygen atoms in total. The summed E-state index contributed by atoms with van der Waals surface area (Å²) in [6, 6.07) is 0. The summed E-state index contributed by atoms with van der Waals surface area (Å²) in [5.74, 6) is 2.85. The molecule has 6 atom stereocenters. The van der Waals surface area contributed by atoms with Gasteiger partial charge in [-0.25, -0.2) is 4.99 Å². The third-order valence-electron chi connectivity index (χ3n) is 5.80. The molecule has 120 valence electrons. The molecule has 2 N–H and O–H groups in total. The number of fused-ring (bicyclic) bond motifs is 3. The zero-order chi connectivity index (χ0) is 15.1. The molecule has 0 aromatic carbocycles. The van der Waals surface area contributed by atoms with Crippen molar-refractivity contribution in [3.63, 3.8) is 0 Å². The first kappa shape index (κ1) is 15.0. The fraction of sp³-hybridized carbons (Fsp3) is 0.706. The summed E-state index contributed by atoms with van der Waals surface area (Å²) in [7, 11) is 0. The number of aliphatic imine (C=N–C) groups is 1. The Hall–Kier alpha value is -0.510. The van der Waals surface area contributed by atoms with Crippen molar-refractivity contribution in [3.8, 4) is 0 Å². The second kappa shape index (κ2) is 6.18. The highest BCUT2D eigenvalue weighted by Gasteiger charge is 2.42. The monoisotopic (exact) mass is 339 g/mol. The number of amidine groups is 1. The first-order valence-electron chi connectivity index (χ1n) is 8.50. The number of halogens is 2. The second-order valence-electron chi connectivity index (χ2n) is 6.97. The van der Waals surface area contributed by atoms with E-state index < -0.39 is 0 Å². The first-order chi connectivity index (χ1) is 10.7. The summed E-state index contributed by atoms with van der Waals surface area (Å²) >= 11 is 12.3. The van der Waals surface area contributed by atoms with Crippen LogP contribution in [-0.4, -0.2) is 17.1 Å². The van der Waals surface area contributed by atoms with Gasteiger partial charge in [0.1, 0.15) is 6.17 Å². The second-order valence-corrected chi connectivity index (χ2v) is 7.76. The number of alkyl halides is 1. The zero-order valence-electron chi connectivity index (χ0n) is 12.6. The standard InChI is InChI=1S/C17H23Cl2N3/c18-16-20-15(21-17(19)22-16)14-9-10-5-1-2-6-11(10)12-7-3-4-8-13(12)14/h4,8-13,15-16,20H,1-3,5-7H2,(H,21,22). The quantitative estimate of drug-likeness (QED) is 0.431. The molecule has 3 aliphatic carbocycles. The molecule has 5 heteroatoms. The van der Waals surface area contributed by atoms with Crippen molar-refractivity contribution in [2.45, 2.75) is 50.3 Å². The minimum absolute atomic E-state index is 0.0885. The number of hydrogen-bond donors (Lipinski definition) is 2. The lowest BCUT2D eigenvalue weighted by Gasteiger charge is -2.47. The molecule has 1 heterocycles. The van der Waals surface area contributed by atoms with Crippen molar-refractivity contribution < 1.29 is 0 Å². The Labute approximate surface area is 142 Å². The molecular formula is C17H23Cl2N3. The minimum Gasteiger partial charge on any atom is -0.332 e. The molecule has 0 spiro atoms. The van der Waals surface area contributed by atoms with Gasteiger partial charge in [0.05, 0.1) is 0 Å². The Morgan fingerprint density at radius 2 is 2.00 bits per heavy atom. The smallest absolute Gasteiger partial charge is 0.195 e. The van der Waals surface area contributed by atoms with E-state index in [1.54, 1.807) is 0 Å². The van der Waals surface area contributed by atoms with E-state index in [4.69, 9.17) is 23.2 Å². The lowest BCUT2D eigenvalue weighted by Crippen LogP contribution is -2.52. The van der Waals surface area contributed by atoms with Gasteiger partial charge in [-0.05, 0) is 60.6 Å². The van der Waals surface area contributed by atoms with Gasteiger partial charge in [-0.1, -0.05) is 42.7 Å². The Bertz CT molecular complexity index is 528. The fourth-order valence-electron chi connectivity index (χ4n) is 4.89. The van der Waals surface area contributed by atoms with Gasteiger partial charge in [0, 0.05) is 5.92 Å². The molecule has 1 aliphatic heterocycles. The molecular weight excluding hydrogens is 317 g/mol. The average Bonchev–Trinajstić information content (AvgIpc) is 2.53. The molecule has 1 saturated carbocycles. The van der Waals surface area contributed by atoms with Crippen LogP contribution in [0.1, 0.15) is 38.5 Å². The van der Waals surface area contributed by atoms with Crippen LogP contribution in [0.15, 0.2) is 28.8 Å².